The topological polar surface area (TPSA) is 44.5 Å². The molecule has 1 aromatic rings. The van der Waals surface area contributed by atoms with E-state index in [2.05, 4.69) is 0 Å². The van der Waals surface area contributed by atoms with Crippen molar-refractivity contribution in [2.24, 2.45) is 5.64 Å². The largest absolute Gasteiger partial charge is 0.548 e. The van der Waals surface area contributed by atoms with Crippen molar-refractivity contribution < 1.29 is 9.39 Å². The predicted octanol–water partition coefficient (Wildman–Crippen LogP) is 2.13. The minimum atomic E-state index is 0.582. The van der Waals surface area contributed by atoms with Gasteiger partial charge < -0.3 is 15.0 Å². The van der Waals surface area contributed by atoms with E-state index in [0.717, 1.165) is 22.6 Å². The summed E-state index contributed by atoms with van der Waals surface area (Å²) in [6.45, 7) is 6.48. The zero-order valence-electron chi connectivity index (χ0n) is 9.99. The van der Waals surface area contributed by atoms with Crippen LogP contribution in [0.5, 0.6) is 11.5 Å². The molecule has 1 aromatic carbocycles. The first-order valence-corrected chi connectivity index (χ1v) is 5.24. The number of rotatable bonds is 5. The molecule has 0 heterocycles. The van der Waals surface area contributed by atoms with Gasteiger partial charge in [-0.15, -0.1) is 0 Å². The third-order valence-electron chi connectivity index (χ3n) is 2.20. The monoisotopic (exact) mass is 218 g/mol. The maximum atomic E-state index is 5.56. The van der Waals surface area contributed by atoms with Crippen molar-refractivity contribution in [2.75, 3.05) is 6.61 Å². The first-order chi connectivity index (χ1) is 7.69. The molecule has 0 aliphatic carbocycles. The molecular formula is C12H17BNO2. The van der Waals surface area contributed by atoms with Gasteiger partial charge in [-0.1, -0.05) is 12.2 Å². The van der Waals surface area contributed by atoms with Crippen molar-refractivity contribution >= 4 is 7.62 Å². The van der Waals surface area contributed by atoms with Gasteiger partial charge in [-0.05, 0) is 44.0 Å². The van der Waals surface area contributed by atoms with E-state index >= 15 is 0 Å². The van der Waals surface area contributed by atoms with E-state index in [-0.39, 0.29) is 0 Å². The first kappa shape index (κ1) is 12.7. The van der Waals surface area contributed by atoms with Crippen LogP contribution in [-0.2, 0) is 0 Å². The predicted molar refractivity (Wildman–Crippen MR) is 66.8 cm³/mol. The summed E-state index contributed by atoms with van der Waals surface area (Å²) in [4.78, 5) is 0. The molecule has 2 N–H and O–H groups in total. The Bertz CT molecular complexity index is 354. The number of aryl methyl sites for hydroxylation is 2. The second-order valence-corrected chi connectivity index (χ2v) is 3.52. The molecular weight excluding hydrogens is 201 g/mol. The van der Waals surface area contributed by atoms with Crippen LogP contribution in [0.2, 0.25) is 0 Å². The fraction of sp³-hybridized carbons (Fsp3) is 0.333. The van der Waals surface area contributed by atoms with Crippen molar-refractivity contribution in [1.29, 1.82) is 0 Å². The lowest BCUT2D eigenvalue weighted by Crippen LogP contribution is -2.14. The van der Waals surface area contributed by atoms with Gasteiger partial charge in [0.2, 0.25) is 0 Å². The normalized spacial score (nSPS) is 10.5. The molecule has 0 unspecified atom stereocenters. The molecule has 0 saturated carbocycles. The Morgan fingerprint density at radius 1 is 1.31 bits per heavy atom. The van der Waals surface area contributed by atoms with Crippen LogP contribution < -0.4 is 15.0 Å². The molecule has 0 spiro atoms. The van der Waals surface area contributed by atoms with Crippen LogP contribution in [-0.4, -0.2) is 14.2 Å². The lowest BCUT2D eigenvalue weighted by molar-refractivity contribution is 0.361. The van der Waals surface area contributed by atoms with Gasteiger partial charge in [-0.3, -0.25) is 0 Å². The third kappa shape index (κ3) is 3.31. The lowest BCUT2D eigenvalue weighted by Gasteiger charge is -2.12. The maximum Gasteiger partial charge on any atom is 0.474 e. The number of nitrogens with two attached hydrogens (primary N) is 1. The summed E-state index contributed by atoms with van der Waals surface area (Å²) < 4.78 is 10.8. The van der Waals surface area contributed by atoms with E-state index in [1.54, 1.807) is 0 Å². The van der Waals surface area contributed by atoms with Gasteiger partial charge in [-0.25, -0.2) is 0 Å². The quantitative estimate of drug-likeness (QED) is 0.608. The summed E-state index contributed by atoms with van der Waals surface area (Å²) in [5.41, 5.74) is 7.27. The Hall–Kier alpha value is -1.42. The van der Waals surface area contributed by atoms with Gasteiger partial charge in [0, 0.05) is 0 Å². The molecule has 0 bridgehead atoms. The van der Waals surface area contributed by atoms with Gasteiger partial charge in [-0.2, -0.15) is 0 Å². The van der Waals surface area contributed by atoms with E-state index in [1.165, 1.54) is 7.62 Å². The fourth-order valence-corrected chi connectivity index (χ4v) is 1.49. The van der Waals surface area contributed by atoms with Gasteiger partial charge in [0.1, 0.15) is 18.1 Å². The Morgan fingerprint density at radius 2 is 1.94 bits per heavy atom. The Labute approximate surface area is 97.5 Å². The van der Waals surface area contributed by atoms with Gasteiger partial charge in [0.25, 0.3) is 0 Å². The molecule has 1 rings (SSSR count). The highest BCUT2D eigenvalue weighted by molar-refractivity contribution is 6.23. The first-order valence-electron chi connectivity index (χ1n) is 5.24. The van der Waals surface area contributed by atoms with Crippen molar-refractivity contribution in [2.45, 2.75) is 20.8 Å². The van der Waals surface area contributed by atoms with E-state index < -0.39 is 0 Å². The van der Waals surface area contributed by atoms with E-state index in [0.29, 0.717) is 6.61 Å². The number of hydrogen-bond donors (Lipinski definition) is 1. The second-order valence-electron chi connectivity index (χ2n) is 3.52. The van der Waals surface area contributed by atoms with Crippen molar-refractivity contribution in [3.8, 4) is 11.5 Å². The molecule has 0 fully saturated rings. The number of hydrogen-bond acceptors (Lipinski definition) is 3. The molecule has 1 radical (unpaired) electrons. The van der Waals surface area contributed by atoms with E-state index in [4.69, 9.17) is 15.0 Å². The molecule has 0 aliphatic heterocycles. The van der Waals surface area contributed by atoms with Crippen LogP contribution in [0.15, 0.2) is 24.3 Å². The number of ether oxygens (including phenoxy) is 1. The van der Waals surface area contributed by atoms with Crippen LogP contribution in [0, 0.1) is 13.8 Å². The van der Waals surface area contributed by atoms with Crippen LogP contribution in [0.3, 0.4) is 0 Å². The summed E-state index contributed by atoms with van der Waals surface area (Å²) in [6.07, 6.45) is 3.92. The minimum Gasteiger partial charge on any atom is -0.548 e. The average Bonchev–Trinajstić information content (AvgIpc) is 2.24. The number of benzene rings is 1. The van der Waals surface area contributed by atoms with Crippen LogP contribution >= 0.6 is 0 Å². The molecule has 3 nitrogen and oxygen atoms in total. The van der Waals surface area contributed by atoms with Gasteiger partial charge in [0.05, 0.1) is 0 Å². The average molecular weight is 218 g/mol. The van der Waals surface area contributed by atoms with Crippen molar-refractivity contribution in [3.63, 3.8) is 0 Å². The standard InChI is InChI=1S/C12H17BNO2/c1-4-5-6-15-11-7-9(2)12(16-13-14)10(3)8-11/h4-5,7-8H,6,14H2,1-3H3/b5-4+. The highest BCUT2D eigenvalue weighted by Crippen LogP contribution is 2.27. The lowest BCUT2D eigenvalue weighted by atomic mass is 10.1. The fourth-order valence-electron chi connectivity index (χ4n) is 1.49. The summed E-state index contributed by atoms with van der Waals surface area (Å²) in [7, 11) is 1.19. The number of allylic oxidation sites excluding steroid dienone is 1. The molecule has 4 heteroatoms. The van der Waals surface area contributed by atoms with Gasteiger partial charge >= 0.3 is 7.62 Å². The molecule has 85 valence electrons. The van der Waals surface area contributed by atoms with Crippen molar-refractivity contribution in [3.05, 3.63) is 35.4 Å². The summed E-state index contributed by atoms with van der Waals surface area (Å²) in [5, 5.41) is 0. The van der Waals surface area contributed by atoms with Crippen LogP contribution in [0.25, 0.3) is 0 Å². The van der Waals surface area contributed by atoms with E-state index in [1.807, 2.05) is 45.1 Å². The SMILES string of the molecule is C/C=C/COc1cc(C)c(O[B]N)c(C)c1. The molecule has 0 atom stereocenters. The second kappa shape index (κ2) is 6.23. The Kier molecular flexibility index (Phi) is 4.93. The van der Waals surface area contributed by atoms with Crippen LogP contribution in [0.4, 0.5) is 0 Å². The third-order valence-corrected chi connectivity index (χ3v) is 2.20. The summed E-state index contributed by atoms with van der Waals surface area (Å²) in [5.74, 6) is 1.64. The summed E-state index contributed by atoms with van der Waals surface area (Å²) >= 11 is 0. The Morgan fingerprint density at radius 3 is 2.44 bits per heavy atom. The smallest absolute Gasteiger partial charge is 0.474 e. The highest BCUT2D eigenvalue weighted by atomic mass is 16.5. The zero-order valence-corrected chi connectivity index (χ0v) is 9.99. The highest BCUT2D eigenvalue weighted by Gasteiger charge is 2.06. The molecule has 0 saturated heterocycles. The van der Waals surface area contributed by atoms with Gasteiger partial charge in [0.15, 0.2) is 0 Å². The van der Waals surface area contributed by atoms with Crippen molar-refractivity contribution in [1.82, 2.24) is 0 Å². The van der Waals surface area contributed by atoms with Crippen LogP contribution in [0.1, 0.15) is 18.1 Å². The Balaban J connectivity index is 2.82. The molecule has 16 heavy (non-hydrogen) atoms. The summed E-state index contributed by atoms with van der Waals surface area (Å²) in [6, 6.07) is 3.88. The molecule has 0 amide bonds. The maximum absolute atomic E-state index is 5.56. The zero-order chi connectivity index (χ0) is 12.0. The molecule has 0 aromatic heterocycles. The minimum absolute atomic E-state index is 0.582. The molecule has 0 aliphatic rings. The van der Waals surface area contributed by atoms with E-state index in [9.17, 15) is 0 Å².